The number of rotatable bonds is 2. The molecule has 1 saturated heterocycles. The molecule has 2 rings (SSSR count). The highest BCUT2D eigenvalue weighted by molar-refractivity contribution is 5.94. The van der Waals surface area contributed by atoms with Crippen LogP contribution in [0.4, 0.5) is 0 Å². The highest BCUT2D eigenvalue weighted by Crippen LogP contribution is 2.21. The highest BCUT2D eigenvalue weighted by Gasteiger charge is 2.24. The van der Waals surface area contributed by atoms with Gasteiger partial charge in [-0.2, -0.15) is 0 Å². The molecule has 1 aromatic carbocycles. The molecule has 3 heteroatoms. The van der Waals surface area contributed by atoms with Gasteiger partial charge >= 0.3 is 0 Å². The Balaban J connectivity index is 2.14. The molecule has 21 heavy (non-hydrogen) atoms. The average Bonchev–Trinajstić information content (AvgIpc) is 2.78. The summed E-state index contributed by atoms with van der Waals surface area (Å²) in [6, 6.07) is 7.93. The van der Waals surface area contributed by atoms with Gasteiger partial charge in [-0.3, -0.25) is 4.79 Å². The fourth-order valence-corrected chi connectivity index (χ4v) is 2.88. The molecule has 1 aliphatic heterocycles. The van der Waals surface area contributed by atoms with E-state index < -0.39 is 0 Å². The zero-order valence-corrected chi connectivity index (χ0v) is 12.8. The molecule has 0 aliphatic carbocycles. The summed E-state index contributed by atoms with van der Waals surface area (Å²) in [6.07, 6.45) is 5.74. The van der Waals surface area contributed by atoms with Gasteiger partial charge in [0.05, 0.1) is 6.54 Å². The molecular formula is C18H24N2O. The Morgan fingerprint density at radius 2 is 2.05 bits per heavy atom. The van der Waals surface area contributed by atoms with Crippen LogP contribution in [0, 0.1) is 11.8 Å². The second-order valence-electron chi connectivity index (χ2n) is 5.49. The monoisotopic (exact) mass is 284 g/mol. The van der Waals surface area contributed by atoms with Crippen LogP contribution in [-0.4, -0.2) is 29.9 Å². The number of amides is 1. The van der Waals surface area contributed by atoms with Crippen molar-refractivity contribution in [1.82, 2.24) is 4.90 Å². The minimum atomic E-state index is 0.155. The van der Waals surface area contributed by atoms with Crippen molar-refractivity contribution < 1.29 is 4.79 Å². The molecule has 1 aromatic rings. The fourth-order valence-electron chi connectivity index (χ4n) is 2.88. The topological polar surface area (TPSA) is 46.3 Å². The minimum absolute atomic E-state index is 0.155. The van der Waals surface area contributed by atoms with Gasteiger partial charge in [0.1, 0.15) is 0 Å². The number of hydrogen-bond donors (Lipinski definition) is 1. The number of hydrogen-bond acceptors (Lipinski definition) is 2. The van der Waals surface area contributed by atoms with Gasteiger partial charge in [0.2, 0.25) is 0 Å². The van der Waals surface area contributed by atoms with E-state index in [-0.39, 0.29) is 5.91 Å². The Morgan fingerprint density at radius 3 is 2.71 bits per heavy atom. The van der Waals surface area contributed by atoms with Crippen molar-refractivity contribution in [3.05, 3.63) is 35.4 Å². The van der Waals surface area contributed by atoms with Crippen LogP contribution >= 0.6 is 0 Å². The van der Waals surface area contributed by atoms with E-state index in [9.17, 15) is 4.79 Å². The Bertz CT molecular complexity index is 524. The van der Waals surface area contributed by atoms with Crippen molar-refractivity contribution in [3.63, 3.8) is 0 Å². The lowest BCUT2D eigenvalue weighted by Gasteiger charge is -2.29. The number of nitrogens with two attached hydrogens (primary N) is 1. The highest BCUT2D eigenvalue weighted by atomic mass is 16.2. The van der Waals surface area contributed by atoms with Crippen LogP contribution < -0.4 is 5.73 Å². The Labute approximate surface area is 127 Å². The second-order valence-corrected chi connectivity index (χ2v) is 5.49. The smallest absolute Gasteiger partial charge is 0.254 e. The third kappa shape index (κ3) is 4.09. The van der Waals surface area contributed by atoms with Crippen molar-refractivity contribution in [3.8, 4) is 11.8 Å². The molecule has 1 unspecified atom stereocenters. The maximum absolute atomic E-state index is 12.7. The molecule has 0 aromatic heterocycles. The van der Waals surface area contributed by atoms with E-state index in [1.807, 2.05) is 24.3 Å². The van der Waals surface area contributed by atoms with E-state index in [0.29, 0.717) is 12.6 Å². The van der Waals surface area contributed by atoms with E-state index in [4.69, 9.17) is 5.73 Å². The zero-order valence-electron chi connectivity index (χ0n) is 12.8. The van der Waals surface area contributed by atoms with Crippen molar-refractivity contribution in [2.45, 2.75) is 45.1 Å². The molecule has 0 spiro atoms. The average molecular weight is 284 g/mol. The predicted octanol–water partition coefficient (Wildman–Crippen LogP) is 2.79. The standard InChI is InChI=1S/C18H24N2O/c1-2-17-8-4-3-5-14-20(17)18(21)16-11-9-15(10-12-16)7-6-13-19/h9-12,17H,2-5,8,13-14,19H2,1H3. The van der Waals surface area contributed by atoms with Crippen molar-refractivity contribution in [2.75, 3.05) is 13.1 Å². The summed E-state index contributed by atoms with van der Waals surface area (Å²) in [7, 11) is 0. The van der Waals surface area contributed by atoms with Gasteiger partial charge in [0.15, 0.2) is 0 Å². The molecule has 0 saturated carbocycles. The van der Waals surface area contributed by atoms with Gasteiger partial charge in [-0.1, -0.05) is 31.6 Å². The molecular weight excluding hydrogens is 260 g/mol. The third-order valence-electron chi connectivity index (χ3n) is 4.08. The molecule has 112 valence electrons. The lowest BCUT2D eigenvalue weighted by atomic mass is 10.1. The van der Waals surface area contributed by atoms with Crippen LogP contribution in [0.2, 0.25) is 0 Å². The van der Waals surface area contributed by atoms with Crippen LogP contribution in [0.1, 0.15) is 54.9 Å². The van der Waals surface area contributed by atoms with Gasteiger partial charge in [-0.25, -0.2) is 0 Å². The number of benzene rings is 1. The summed E-state index contributed by atoms with van der Waals surface area (Å²) in [4.78, 5) is 14.8. The number of carbonyl (C=O) groups excluding carboxylic acids is 1. The minimum Gasteiger partial charge on any atom is -0.336 e. The Kier molecular flexibility index (Phi) is 5.83. The van der Waals surface area contributed by atoms with Gasteiger partial charge in [-0.05, 0) is 43.5 Å². The fraction of sp³-hybridized carbons (Fsp3) is 0.500. The van der Waals surface area contributed by atoms with Crippen molar-refractivity contribution in [2.24, 2.45) is 5.73 Å². The molecule has 1 amide bonds. The van der Waals surface area contributed by atoms with E-state index >= 15 is 0 Å². The summed E-state index contributed by atoms with van der Waals surface area (Å²) in [6.45, 7) is 3.40. The first kappa shape index (κ1) is 15.6. The first-order valence-corrected chi connectivity index (χ1v) is 7.86. The van der Waals surface area contributed by atoms with Crippen LogP contribution in [0.25, 0.3) is 0 Å². The Hall–Kier alpha value is -1.79. The zero-order chi connectivity index (χ0) is 15.1. The number of likely N-dealkylation sites (tertiary alicyclic amines) is 1. The maximum atomic E-state index is 12.7. The molecule has 0 radical (unpaired) electrons. The number of carbonyl (C=O) groups is 1. The second kappa shape index (κ2) is 7.85. The van der Waals surface area contributed by atoms with E-state index in [1.165, 1.54) is 12.8 Å². The summed E-state index contributed by atoms with van der Waals surface area (Å²) in [5, 5.41) is 0. The normalized spacial score (nSPS) is 18.6. The lowest BCUT2D eigenvalue weighted by Crippen LogP contribution is -2.39. The summed E-state index contributed by atoms with van der Waals surface area (Å²) in [5.41, 5.74) is 7.02. The largest absolute Gasteiger partial charge is 0.336 e. The van der Waals surface area contributed by atoms with Gasteiger partial charge in [0, 0.05) is 23.7 Å². The van der Waals surface area contributed by atoms with E-state index in [0.717, 1.165) is 36.9 Å². The van der Waals surface area contributed by atoms with Gasteiger partial charge in [-0.15, -0.1) is 0 Å². The van der Waals surface area contributed by atoms with Crippen molar-refractivity contribution >= 4 is 5.91 Å². The molecule has 1 heterocycles. The van der Waals surface area contributed by atoms with E-state index in [2.05, 4.69) is 23.7 Å². The maximum Gasteiger partial charge on any atom is 0.254 e. The van der Waals surface area contributed by atoms with Gasteiger partial charge < -0.3 is 10.6 Å². The molecule has 3 nitrogen and oxygen atoms in total. The lowest BCUT2D eigenvalue weighted by molar-refractivity contribution is 0.0678. The van der Waals surface area contributed by atoms with Gasteiger partial charge in [0.25, 0.3) is 5.91 Å². The molecule has 1 fully saturated rings. The summed E-state index contributed by atoms with van der Waals surface area (Å²) < 4.78 is 0. The molecule has 0 bridgehead atoms. The van der Waals surface area contributed by atoms with Crippen molar-refractivity contribution in [1.29, 1.82) is 0 Å². The summed E-state index contributed by atoms with van der Waals surface area (Å²) in [5.74, 6) is 5.96. The first-order chi connectivity index (χ1) is 10.3. The van der Waals surface area contributed by atoms with E-state index in [1.54, 1.807) is 0 Å². The Morgan fingerprint density at radius 1 is 1.29 bits per heavy atom. The molecule has 1 atom stereocenters. The SMILES string of the molecule is CCC1CCCCCN1C(=O)c1ccc(C#CCN)cc1. The molecule has 2 N–H and O–H groups in total. The number of nitrogens with zero attached hydrogens (tertiary/aromatic N) is 1. The van der Waals surface area contributed by atoms with Crippen LogP contribution in [-0.2, 0) is 0 Å². The quantitative estimate of drug-likeness (QED) is 0.849. The third-order valence-corrected chi connectivity index (χ3v) is 4.08. The summed E-state index contributed by atoms with van der Waals surface area (Å²) >= 11 is 0. The molecule has 1 aliphatic rings. The first-order valence-electron chi connectivity index (χ1n) is 7.86. The predicted molar refractivity (Wildman–Crippen MR) is 86.0 cm³/mol. The van der Waals surface area contributed by atoms with Crippen LogP contribution in [0.3, 0.4) is 0 Å². The van der Waals surface area contributed by atoms with Crippen LogP contribution in [0.5, 0.6) is 0 Å². The van der Waals surface area contributed by atoms with Crippen LogP contribution in [0.15, 0.2) is 24.3 Å².